The number of carbonyl (C=O) groups excluding carboxylic acids is 2. The van der Waals surface area contributed by atoms with Gasteiger partial charge in [-0.25, -0.2) is 4.39 Å². The number of halogens is 1. The number of carbonyl (C=O) groups is 2. The first-order chi connectivity index (χ1) is 9.97. The topological polar surface area (TPSA) is 46.2 Å². The summed E-state index contributed by atoms with van der Waals surface area (Å²) in [6, 6.07) is 11.3. The number of amides is 1. The lowest BCUT2D eigenvalue weighted by Gasteiger charge is -2.06. The largest absolute Gasteiger partial charge is 0.345 e. The fourth-order valence-corrected chi connectivity index (χ4v) is 1.97. The molecule has 0 heterocycles. The normalized spacial score (nSPS) is 10.2. The van der Waals surface area contributed by atoms with Crippen molar-refractivity contribution in [3.63, 3.8) is 0 Å². The summed E-state index contributed by atoms with van der Waals surface area (Å²) in [6.07, 6.45) is 0. The van der Waals surface area contributed by atoms with Gasteiger partial charge in [-0.05, 0) is 43.7 Å². The molecule has 0 atom stereocenters. The molecular weight excluding hydrogens is 269 g/mol. The summed E-state index contributed by atoms with van der Waals surface area (Å²) >= 11 is 0. The van der Waals surface area contributed by atoms with Gasteiger partial charge < -0.3 is 5.32 Å². The van der Waals surface area contributed by atoms with Gasteiger partial charge in [-0.3, -0.25) is 9.59 Å². The van der Waals surface area contributed by atoms with E-state index in [1.54, 1.807) is 25.1 Å². The predicted octanol–water partition coefficient (Wildman–Crippen LogP) is 3.06. The predicted molar refractivity (Wildman–Crippen MR) is 79.0 cm³/mol. The van der Waals surface area contributed by atoms with Crippen molar-refractivity contribution in [1.82, 2.24) is 5.32 Å². The number of Topliss-reactive ketones (excluding diaryl/α,β-unsaturated/α-hetero) is 1. The van der Waals surface area contributed by atoms with Crippen molar-refractivity contribution in [2.24, 2.45) is 0 Å². The summed E-state index contributed by atoms with van der Waals surface area (Å²) in [5.74, 6) is -0.910. The highest BCUT2D eigenvalue weighted by Crippen LogP contribution is 2.09. The highest BCUT2D eigenvalue weighted by molar-refractivity contribution is 6.02. The lowest BCUT2D eigenvalue weighted by atomic mass is 10.1. The maximum atomic E-state index is 13.1. The van der Waals surface area contributed by atoms with E-state index >= 15 is 0 Å². The highest BCUT2D eigenvalue weighted by atomic mass is 19.1. The van der Waals surface area contributed by atoms with Gasteiger partial charge in [-0.15, -0.1) is 0 Å². The Morgan fingerprint density at radius 3 is 2.48 bits per heavy atom. The Morgan fingerprint density at radius 2 is 1.81 bits per heavy atom. The second-order valence-corrected chi connectivity index (χ2v) is 4.94. The Bertz CT molecular complexity index is 695. The van der Waals surface area contributed by atoms with Gasteiger partial charge in [0.05, 0.1) is 6.54 Å². The van der Waals surface area contributed by atoms with Crippen molar-refractivity contribution in [2.45, 2.75) is 13.8 Å². The molecule has 2 aromatic rings. The lowest BCUT2D eigenvalue weighted by Crippen LogP contribution is -2.29. The number of aryl methyl sites for hydroxylation is 2. The van der Waals surface area contributed by atoms with Crippen LogP contribution < -0.4 is 5.32 Å². The first-order valence-corrected chi connectivity index (χ1v) is 6.61. The van der Waals surface area contributed by atoms with Gasteiger partial charge in [0.1, 0.15) is 5.82 Å². The maximum absolute atomic E-state index is 13.1. The molecule has 108 valence electrons. The number of nitrogens with one attached hydrogen (secondary N) is 1. The Kier molecular flexibility index (Phi) is 4.48. The highest BCUT2D eigenvalue weighted by Gasteiger charge is 2.11. The number of hydrogen-bond acceptors (Lipinski definition) is 2. The molecule has 0 aromatic heterocycles. The molecule has 0 aliphatic carbocycles. The van der Waals surface area contributed by atoms with E-state index in [1.807, 2.05) is 13.0 Å². The first kappa shape index (κ1) is 14.9. The third kappa shape index (κ3) is 3.75. The molecule has 21 heavy (non-hydrogen) atoms. The summed E-state index contributed by atoms with van der Waals surface area (Å²) in [5.41, 5.74) is 2.28. The smallest absolute Gasteiger partial charge is 0.251 e. The van der Waals surface area contributed by atoms with E-state index in [0.717, 1.165) is 5.56 Å². The second kappa shape index (κ2) is 6.31. The van der Waals surface area contributed by atoms with Crippen LogP contribution in [0.15, 0.2) is 42.5 Å². The van der Waals surface area contributed by atoms with Gasteiger partial charge in [0.2, 0.25) is 0 Å². The summed E-state index contributed by atoms with van der Waals surface area (Å²) < 4.78 is 13.1. The van der Waals surface area contributed by atoms with Gasteiger partial charge in [0.25, 0.3) is 5.91 Å². The third-order valence-electron chi connectivity index (χ3n) is 3.17. The van der Waals surface area contributed by atoms with Gasteiger partial charge in [-0.1, -0.05) is 23.8 Å². The molecule has 0 fully saturated rings. The molecule has 0 saturated carbocycles. The number of benzene rings is 2. The molecule has 0 aliphatic heterocycles. The van der Waals surface area contributed by atoms with Crippen LogP contribution in [0.4, 0.5) is 4.39 Å². The molecule has 1 N–H and O–H groups in total. The molecule has 1 amide bonds. The molecule has 0 unspecified atom stereocenters. The Hall–Kier alpha value is -2.49. The summed E-state index contributed by atoms with van der Waals surface area (Å²) in [7, 11) is 0. The molecular formula is C17H16FNO2. The van der Waals surface area contributed by atoms with Crippen molar-refractivity contribution in [2.75, 3.05) is 6.54 Å². The SMILES string of the molecule is Cc1cccc(C(=O)CNC(=O)c2ccc(F)c(C)c2)c1. The van der Waals surface area contributed by atoms with E-state index in [-0.39, 0.29) is 24.1 Å². The average Bonchev–Trinajstić information content (AvgIpc) is 2.47. The van der Waals surface area contributed by atoms with Gasteiger partial charge in [0.15, 0.2) is 5.78 Å². The van der Waals surface area contributed by atoms with Crippen LogP contribution in [0.3, 0.4) is 0 Å². The molecule has 0 spiro atoms. The van der Waals surface area contributed by atoms with E-state index in [0.29, 0.717) is 16.7 Å². The summed E-state index contributed by atoms with van der Waals surface area (Å²) in [6.45, 7) is 3.40. The van der Waals surface area contributed by atoms with Crippen LogP contribution in [0.2, 0.25) is 0 Å². The van der Waals surface area contributed by atoms with Crippen LogP contribution in [0.5, 0.6) is 0 Å². The molecule has 0 radical (unpaired) electrons. The number of rotatable bonds is 4. The Balaban J connectivity index is 2.00. The standard InChI is InChI=1S/C17H16FNO2/c1-11-4-3-5-13(8-11)16(20)10-19-17(21)14-6-7-15(18)12(2)9-14/h3-9H,10H2,1-2H3,(H,19,21). The molecule has 0 saturated heterocycles. The van der Waals surface area contributed by atoms with Crippen molar-refractivity contribution < 1.29 is 14.0 Å². The zero-order valence-electron chi connectivity index (χ0n) is 11.9. The van der Waals surface area contributed by atoms with Crippen LogP contribution in [-0.4, -0.2) is 18.2 Å². The Morgan fingerprint density at radius 1 is 1.05 bits per heavy atom. The quantitative estimate of drug-likeness (QED) is 0.878. The van der Waals surface area contributed by atoms with Crippen molar-refractivity contribution >= 4 is 11.7 Å². The third-order valence-corrected chi connectivity index (χ3v) is 3.17. The van der Waals surface area contributed by atoms with Crippen LogP contribution in [-0.2, 0) is 0 Å². The minimum Gasteiger partial charge on any atom is -0.345 e. The van der Waals surface area contributed by atoms with Crippen molar-refractivity contribution in [3.05, 3.63) is 70.5 Å². The minimum absolute atomic E-state index is 0.0846. The van der Waals surface area contributed by atoms with Gasteiger partial charge in [-0.2, -0.15) is 0 Å². The minimum atomic E-state index is -0.390. The molecule has 2 rings (SSSR count). The molecule has 4 heteroatoms. The van der Waals surface area contributed by atoms with Crippen LogP contribution in [0.1, 0.15) is 31.8 Å². The zero-order valence-corrected chi connectivity index (χ0v) is 11.9. The molecule has 0 bridgehead atoms. The second-order valence-electron chi connectivity index (χ2n) is 4.94. The van der Waals surface area contributed by atoms with Gasteiger partial charge in [0, 0.05) is 11.1 Å². The molecule has 3 nitrogen and oxygen atoms in total. The van der Waals surface area contributed by atoms with Crippen LogP contribution >= 0.6 is 0 Å². The van der Waals surface area contributed by atoms with Crippen LogP contribution in [0, 0.1) is 19.7 Å². The van der Waals surface area contributed by atoms with E-state index in [2.05, 4.69) is 5.32 Å². The lowest BCUT2D eigenvalue weighted by molar-refractivity contribution is 0.0904. The monoisotopic (exact) mass is 285 g/mol. The van der Waals surface area contributed by atoms with Crippen LogP contribution in [0.25, 0.3) is 0 Å². The molecule has 0 aliphatic rings. The fourth-order valence-electron chi connectivity index (χ4n) is 1.97. The van der Waals surface area contributed by atoms with E-state index in [1.165, 1.54) is 18.2 Å². The van der Waals surface area contributed by atoms with Gasteiger partial charge >= 0.3 is 0 Å². The zero-order chi connectivity index (χ0) is 15.4. The fraction of sp³-hybridized carbons (Fsp3) is 0.176. The summed E-state index contributed by atoms with van der Waals surface area (Å²) in [4.78, 5) is 23.9. The average molecular weight is 285 g/mol. The number of ketones is 1. The number of hydrogen-bond donors (Lipinski definition) is 1. The Labute approximate surface area is 122 Å². The van der Waals surface area contributed by atoms with E-state index in [9.17, 15) is 14.0 Å². The van der Waals surface area contributed by atoms with E-state index in [4.69, 9.17) is 0 Å². The molecule has 2 aromatic carbocycles. The van der Waals surface area contributed by atoms with Crippen molar-refractivity contribution in [3.8, 4) is 0 Å². The maximum Gasteiger partial charge on any atom is 0.251 e. The van der Waals surface area contributed by atoms with E-state index < -0.39 is 0 Å². The van der Waals surface area contributed by atoms with Crippen molar-refractivity contribution in [1.29, 1.82) is 0 Å². The first-order valence-electron chi connectivity index (χ1n) is 6.61. The summed E-state index contributed by atoms with van der Waals surface area (Å²) in [5, 5.41) is 2.55.